The van der Waals surface area contributed by atoms with Crippen molar-refractivity contribution in [2.75, 3.05) is 13.7 Å². The molecule has 0 saturated heterocycles. The Kier molecular flexibility index (Phi) is 6.87. The first-order valence-electron chi connectivity index (χ1n) is 8.71. The number of ether oxygens (including phenoxy) is 2. The summed E-state index contributed by atoms with van der Waals surface area (Å²) in [5, 5.41) is 2.24. The molecule has 0 spiro atoms. The van der Waals surface area contributed by atoms with Crippen molar-refractivity contribution in [2.45, 2.75) is 26.9 Å². The average molecular weight is 404 g/mol. The predicted molar refractivity (Wildman–Crippen MR) is 100 cm³/mol. The summed E-state index contributed by atoms with van der Waals surface area (Å²) in [5.74, 6) is -3.51. The highest BCUT2D eigenvalue weighted by atomic mass is 19.1. The van der Waals surface area contributed by atoms with Gasteiger partial charge < -0.3 is 19.8 Å². The van der Waals surface area contributed by atoms with Crippen LogP contribution in [0.2, 0.25) is 0 Å². The fourth-order valence-corrected chi connectivity index (χ4v) is 2.79. The summed E-state index contributed by atoms with van der Waals surface area (Å²) in [7, 11) is 1.23. The number of ketones is 1. The maximum atomic E-state index is 13.6. The van der Waals surface area contributed by atoms with E-state index >= 15 is 0 Å². The van der Waals surface area contributed by atoms with Gasteiger partial charge in [-0.25, -0.2) is 9.18 Å². The third kappa shape index (κ3) is 4.87. The minimum atomic E-state index is -1.17. The number of H-pyrrole nitrogens is 1. The van der Waals surface area contributed by atoms with Crippen LogP contribution in [0.5, 0.6) is 0 Å². The van der Waals surface area contributed by atoms with E-state index < -0.39 is 42.1 Å². The van der Waals surface area contributed by atoms with Gasteiger partial charge >= 0.3 is 11.9 Å². The van der Waals surface area contributed by atoms with Gasteiger partial charge in [0, 0.05) is 5.69 Å². The summed E-state index contributed by atoms with van der Waals surface area (Å²) in [6.45, 7) is 4.02. The van der Waals surface area contributed by atoms with Crippen molar-refractivity contribution in [3.8, 4) is 0 Å². The van der Waals surface area contributed by atoms with Gasteiger partial charge in [0.15, 0.2) is 6.10 Å². The zero-order valence-electron chi connectivity index (χ0n) is 16.4. The summed E-state index contributed by atoms with van der Waals surface area (Å²) in [6, 6.07) is 5.32. The molecule has 9 heteroatoms. The number of hydrogen-bond acceptors (Lipinski definition) is 6. The third-order valence-electron chi connectivity index (χ3n) is 4.26. The first-order valence-corrected chi connectivity index (χ1v) is 8.71. The number of benzene rings is 1. The first kappa shape index (κ1) is 21.8. The monoisotopic (exact) mass is 404 g/mol. The molecule has 2 N–H and O–H groups in total. The molecule has 1 heterocycles. The van der Waals surface area contributed by atoms with Gasteiger partial charge in [0.25, 0.3) is 5.91 Å². The fourth-order valence-electron chi connectivity index (χ4n) is 2.79. The van der Waals surface area contributed by atoms with Crippen molar-refractivity contribution in [3.05, 3.63) is 58.2 Å². The average Bonchev–Trinajstić information content (AvgIpc) is 2.99. The molecule has 0 saturated carbocycles. The number of halogens is 1. The number of rotatable bonds is 7. The molecule has 2 rings (SSSR count). The van der Waals surface area contributed by atoms with Gasteiger partial charge in [0.1, 0.15) is 12.4 Å². The highest BCUT2D eigenvalue weighted by Crippen LogP contribution is 2.20. The highest BCUT2D eigenvalue weighted by molar-refractivity contribution is 6.04. The Morgan fingerprint density at radius 3 is 2.45 bits per heavy atom. The maximum Gasteiger partial charge on any atom is 0.339 e. The molecule has 1 aromatic heterocycles. The van der Waals surface area contributed by atoms with E-state index in [4.69, 9.17) is 9.47 Å². The van der Waals surface area contributed by atoms with E-state index in [2.05, 4.69) is 10.3 Å². The van der Waals surface area contributed by atoms with Gasteiger partial charge in [-0.1, -0.05) is 12.1 Å². The van der Waals surface area contributed by atoms with Gasteiger partial charge in [-0.05, 0) is 38.5 Å². The maximum absolute atomic E-state index is 13.6. The molecule has 0 aliphatic rings. The molecule has 1 aromatic carbocycles. The number of methoxy groups -OCH3 is 1. The molecule has 0 bridgehead atoms. The SMILES string of the molecule is COC(=O)c1c(C)[nH]c(C(=O)[C@@H](C)OC(=O)CNC(=O)c2ccccc2F)c1C. The third-order valence-corrected chi connectivity index (χ3v) is 4.26. The summed E-state index contributed by atoms with van der Waals surface area (Å²) >= 11 is 0. The Labute approximate surface area is 166 Å². The van der Waals surface area contributed by atoms with E-state index in [1.165, 1.54) is 32.2 Å². The molecule has 0 unspecified atom stereocenters. The van der Waals surface area contributed by atoms with E-state index in [1.807, 2.05) is 0 Å². The van der Waals surface area contributed by atoms with E-state index in [1.54, 1.807) is 13.8 Å². The van der Waals surface area contributed by atoms with Crippen LogP contribution >= 0.6 is 0 Å². The molecule has 1 atom stereocenters. The molecule has 2 aromatic rings. The number of nitrogens with one attached hydrogen (secondary N) is 2. The largest absolute Gasteiger partial charge is 0.465 e. The normalized spacial score (nSPS) is 11.5. The smallest absolute Gasteiger partial charge is 0.339 e. The number of carbonyl (C=O) groups excluding carboxylic acids is 4. The number of aromatic nitrogens is 1. The zero-order valence-corrected chi connectivity index (χ0v) is 16.4. The first-order chi connectivity index (χ1) is 13.7. The Hall–Kier alpha value is -3.49. The second kappa shape index (κ2) is 9.13. The van der Waals surface area contributed by atoms with Crippen molar-refractivity contribution < 1.29 is 33.0 Å². The van der Waals surface area contributed by atoms with Crippen LogP contribution in [0.3, 0.4) is 0 Å². The standard InChI is InChI=1S/C20H21FN2O6/c1-10-16(20(27)28-4)11(2)23-17(10)18(25)12(3)29-15(24)9-22-19(26)13-7-5-6-8-14(13)21/h5-8,12,23H,9H2,1-4H3,(H,22,26)/t12-/m1/s1. The molecular formula is C20H21FN2O6. The van der Waals surface area contributed by atoms with Gasteiger partial charge in [-0.15, -0.1) is 0 Å². The van der Waals surface area contributed by atoms with Crippen LogP contribution in [0.15, 0.2) is 24.3 Å². The Balaban J connectivity index is 1.99. The number of carbonyl (C=O) groups is 4. The quantitative estimate of drug-likeness (QED) is 0.540. The van der Waals surface area contributed by atoms with Gasteiger partial charge in [0.2, 0.25) is 5.78 Å². The predicted octanol–water partition coefficient (Wildman–Crippen LogP) is 2.10. The van der Waals surface area contributed by atoms with Crippen LogP contribution in [-0.4, -0.2) is 48.4 Å². The molecule has 0 aliphatic heterocycles. The molecule has 8 nitrogen and oxygen atoms in total. The summed E-state index contributed by atoms with van der Waals surface area (Å²) < 4.78 is 23.3. The lowest BCUT2D eigenvalue weighted by atomic mass is 10.1. The molecular weight excluding hydrogens is 383 g/mol. The van der Waals surface area contributed by atoms with Crippen molar-refractivity contribution in [1.82, 2.24) is 10.3 Å². The fraction of sp³-hybridized carbons (Fsp3) is 0.300. The number of esters is 2. The van der Waals surface area contributed by atoms with Crippen molar-refractivity contribution >= 4 is 23.6 Å². The van der Waals surface area contributed by atoms with Crippen molar-refractivity contribution in [2.24, 2.45) is 0 Å². The van der Waals surface area contributed by atoms with Crippen LogP contribution in [0.4, 0.5) is 4.39 Å². The molecule has 1 amide bonds. The minimum absolute atomic E-state index is 0.124. The molecule has 0 aliphatic carbocycles. The Bertz CT molecular complexity index is 966. The Morgan fingerprint density at radius 2 is 1.83 bits per heavy atom. The lowest BCUT2D eigenvalue weighted by Crippen LogP contribution is -2.34. The number of aryl methyl sites for hydroxylation is 1. The van der Waals surface area contributed by atoms with Crippen LogP contribution in [0.1, 0.15) is 49.4 Å². The second-order valence-corrected chi connectivity index (χ2v) is 6.28. The van der Waals surface area contributed by atoms with E-state index in [0.29, 0.717) is 11.3 Å². The van der Waals surface area contributed by atoms with Crippen LogP contribution in [0.25, 0.3) is 0 Å². The van der Waals surface area contributed by atoms with Crippen LogP contribution < -0.4 is 5.32 Å². The van der Waals surface area contributed by atoms with E-state index in [0.717, 1.165) is 6.07 Å². The van der Waals surface area contributed by atoms with E-state index in [9.17, 15) is 23.6 Å². The number of hydrogen-bond donors (Lipinski definition) is 2. The molecule has 0 fully saturated rings. The summed E-state index contributed by atoms with van der Waals surface area (Å²) in [6.07, 6.45) is -1.17. The molecule has 0 radical (unpaired) electrons. The molecule has 29 heavy (non-hydrogen) atoms. The van der Waals surface area contributed by atoms with Gasteiger partial charge in [-0.3, -0.25) is 14.4 Å². The van der Waals surface area contributed by atoms with Gasteiger partial charge in [0.05, 0.1) is 23.9 Å². The number of amides is 1. The topological polar surface area (TPSA) is 115 Å². The molecule has 154 valence electrons. The number of Topliss-reactive ketones (excluding diaryl/α,β-unsaturated/α-hetero) is 1. The zero-order chi connectivity index (χ0) is 21.7. The van der Waals surface area contributed by atoms with Crippen molar-refractivity contribution in [1.29, 1.82) is 0 Å². The number of aromatic amines is 1. The van der Waals surface area contributed by atoms with E-state index in [-0.39, 0.29) is 16.8 Å². The van der Waals surface area contributed by atoms with Gasteiger partial charge in [-0.2, -0.15) is 0 Å². The summed E-state index contributed by atoms with van der Waals surface area (Å²) in [4.78, 5) is 51.1. The van der Waals surface area contributed by atoms with Crippen molar-refractivity contribution in [3.63, 3.8) is 0 Å². The van der Waals surface area contributed by atoms with Crippen LogP contribution in [0, 0.1) is 19.7 Å². The lowest BCUT2D eigenvalue weighted by Gasteiger charge is -2.13. The summed E-state index contributed by atoms with van der Waals surface area (Å²) in [5.41, 5.74) is 0.992. The minimum Gasteiger partial charge on any atom is -0.465 e. The van der Waals surface area contributed by atoms with Crippen LogP contribution in [-0.2, 0) is 14.3 Å². The lowest BCUT2D eigenvalue weighted by molar-refractivity contribution is -0.145. The highest BCUT2D eigenvalue weighted by Gasteiger charge is 2.27. The Morgan fingerprint density at radius 1 is 1.17 bits per heavy atom. The second-order valence-electron chi connectivity index (χ2n) is 6.28.